The van der Waals surface area contributed by atoms with Gasteiger partial charge in [-0.05, 0) is 68.5 Å². The highest BCUT2D eigenvalue weighted by Gasteiger charge is 2.62. The monoisotopic (exact) mass is 890 g/mol. The van der Waals surface area contributed by atoms with E-state index in [2.05, 4.69) is 71.7 Å². The largest absolute Gasteiger partial charge is 0.658 e. The van der Waals surface area contributed by atoms with E-state index in [0.29, 0.717) is 0 Å². The van der Waals surface area contributed by atoms with Crippen LogP contribution in [0.2, 0.25) is 0 Å². The van der Waals surface area contributed by atoms with Gasteiger partial charge in [-0.15, -0.1) is 0 Å². The van der Waals surface area contributed by atoms with Crippen molar-refractivity contribution in [2.45, 2.75) is 70.4 Å². The average Bonchev–Trinajstić information content (AvgIpc) is 4.21. The van der Waals surface area contributed by atoms with Crippen LogP contribution in [0.3, 0.4) is 0 Å². The first-order valence-electron chi connectivity index (χ1n) is 22.0. The lowest BCUT2D eigenvalue weighted by atomic mass is 9.66. The molecule has 6 aliphatic heterocycles. The van der Waals surface area contributed by atoms with Gasteiger partial charge >= 0.3 is 46.1 Å². The zero-order valence-electron chi connectivity index (χ0n) is 38.7. The van der Waals surface area contributed by atoms with Crippen LogP contribution in [0, 0.1) is 5.41 Å². The van der Waals surface area contributed by atoms with Crippen LogP contribution < -0.4 is 9.31 Å². The minimum absolute atomic E-state index is 0.187. The number of fused-ring (bicyclic) bond motifs is 1. The van der Waals surface area contributed by atoms with Crippen molar-refractivity contribution in [2.75, 3.05) is 39.6 Å². The van der Waals surface area contributed by atoms with E-state index >= 15 is 0 Å². The van der Waals surface area contributed by atoms with Crippen molar-refractivity contribution < 1.29 is 55.9 Å². The molecule has 11 rings (SSSR count). The van der Waals surface area contributed by atoms with Crippen molar-refractivity contribution in [3.8, 4) is 11.5 Å². The van der Waals surface area contributed by atoms with Gasteiger partial charge in [-0.2, -0.15) is 0 Å². The highest BCUT2D eigenvalue weighted by atomic mass is 16.7. The normalized spacial score (nSPS) is 20.2. The number of rotatable bonds is 4. The first-order valence-corrected chi connectivity index (χ1v) is 22.0. The molecule has 5 fully saturated rings. The summed E-state index contributed by atoms with van der Waals surface area (Å²) >= 11 is 0. The van der Waals surface area contributed by atoms with Crippen LogP contribution in [0.1, 0.15) is 70.2 Å². The zero-order chi connectivity index (χ0) is 46.6. The fraction of sp³-hybridized carbons (Fsp3) is 0.375. The summed E-state index contributed by atoms with van der Waals surface area (Å²) in [5.41, 5.74) is 2.21. The molecule has 6 radical (unpaired) electrons. The molecule has 6 heterocycles. The fourth-order valence-corrected chi connectivity index (χ4v) is 6.98. The summed E-state index contributed by atoms with van der Waals surface area (Å²) < 4.78 is 61.8. The predicted octanol–water partition coefficient (Wildman–Crippen LogP) is 7.69. The molecular weight excluding hydrogens is 833 g/mol. The van der Waals surface area contributed by atoms with Crippen LogP contribution >= 0.6 is 0 Å². The summed E-state index contributed by atoms with van der Waals surface area (Å²) in [5.74, 6) is 1.58. The molecular formula is C48H56B6O12. The van der Waals surface area contributed by atoms with Gasteiger partial charge in [-0.3, -0.25) is 0 Å². The second kappa shape index (κ2) is 25.2. The summed E-state index contributed by atoms with van der Waals surface area (Å²) in [6.45, 7) is 16.9. The van der Waals surface area contributed by atoms with Crippen molar-refractivity contribution in [3.05, 3.63) is 168 Å². The van der Waals surface area contributed by atoms with Crippen LogP contribution in [-0.4, -0.2) is 97.0 Å². The number of hydrogen-bond acceptors (Lipinski definition) is 12. The minimum Gasteiger partial charge on any atom is -0.524 e. The lowest BCUT2D eigenvalue weighted by Gasteiger charge is -2.46. The minimum atomic E-state index is -0.877. The second-order valence-corrected chi connectivity index (χ2v) is 17.2. The lowest BCUT2D eigenvalue weighted by Crippen LogP contribution is -2.48. The van der Waals surface area contributed by atoms with Gasteiger partial charge in [0, 0.05) is 31.8 Å². The molecule has 0 unspecified atom stereocenters. The molecule has 338 valence electrons. The Morgan fingerprint density at radius 1 is 0.333 bits per heavy atom. The van der Waals surface area contributed by atoms with Gasteiger partial charge in [-0.25, -0.2) is 0 Å². The van der Waals surface area contributed by atoms with Gasteiger partial charge in [0.25, 0.3) is 0 Å². The summed E-state index contributed by atoms with van der Waals surface area (Å²) in [7, 11) is 8.40. The Labute approximate surface area is 395 Å². The molecule has 0 bridgehead atoms. The topological polar surface area (TPSA) is 111 Å². The SMILES string of the molecule is CC1(C)CO[B]OC1.CC1(C)O[B]OC1(C)C.[B]1OC(c2ccccc2)(c2ccccc2)C(c2ccccc2)(c2ccccc2)O1.[B]1OCCCO1.[B]1OCCO1.[B]1Oc2ccccc2O1. The van der Waals surface area contributed by atoms with E-state index in [4.69, 9.17) is 46.5 Å². The lowest BCUT2D eigenvalue weighted by molar-refractivity contribution is 0.00370. The first-order chi connectivity index (χ1) is 32.0. The summed E-state index contributed by atoms with van der Waals surface area (Å²) in [4.78, 5) is 0. The molecule has 5 saturated heterocycles. The van der Waals surface area contributed by atoms with E-state index < -0.39 is 11.2 Å². The molecule has 6 aliphatic rings. The molecule has 0 saturated carbocycles. The smallest absolute Gasteiger partial charge is 0.524 e. The molecule has 0 aromatic heterocycles. The van der Waals surface area contributed by atoms with Crippen LogP contribution in [0.15, 0.2) is 146 Å². The van der Waals surface area contributed by atoms with Crippen LogP contribution in [0.4, 0.5) is 0 Å². The van der Waals surface area contributed by atoms with E-state index in [1.54, 1.807) is 0 Å². The summed E-state index contributed by atoms with van der Waals surface area (Å²) in [6, 6.07) is 48.8. The van der Waals surface area contributed by atoms with Crippen LogP contribution in [-0.2, 0) is 57.7 Å². The van der Waals surface area contributed by atoms with E-state index in [1.807, 2.05) is 125 Å². The standard InChI is InChI=1S/C26H20BO2.C6H4BO2.C6H12BO2.C5H10BO2.C3H6BO2.C2H4BO2/c1-5-13-21(14-6-1)25(22-15-7-2-8-16-22)26(29-27-28-25,23-17-9-3-10-18-23)24-19-11-4-12-20-24;1-2-4-6-5(3-1)8-7-9-6;1-5(2)6(3,4)9-7-8-5;1-5(2)3-7-6-8-4-5;1-2-5-4-6-3-1;1-2-5-3-4-1/h1-20H;1-4H;1-4H3;3-4H2,1-2H3;1-3H2;1-2H2. The van der Waals surface area contributed by atoms with Crippen LogP contribution in [0.25, 0.3) is 0 Å². The zero-order valence-corrected chi connectivity index (χ0v) is 38.7. The number of hydrogen-bond donors (Lipinski definition) is 0. The maximum absolute atomic E-state index is 6.49. The Morgan fingerprint density at radius 2 is 0.652 bits per heavy atom. The Hall–Kier alpha value is -4.31. The second-order valence-electron chi connectivity index (χ2n) is 17.2. The molecule has 0 aliphatic carbocycles. The van der Waals surface area contributed by atoms with E-state index in [0.717, 1.165) is 79.8 Å². The Morgan fingerprint density at radius 3 is 0.909 bits per heavy atom. The Balaban J connectivity index is 0.000000157. The average molecular weight is 890 g/mol. The van der Waals surface area contributed by atoms with E-state index in [9.17, 15) is 0 Å². The molecule has 12 nitrogen and oxygen atoms in total. The van der Waals surface area contributed by atoms with Gasteiger partial charge in [0.05, 0.1) is 24.4 Å². The highest BCUT2D eigenvalue weighted by Crippen LogP contribution is 2.57. The molecule has 0 spiro atoms. The maximum Gasteiger partial charge on any atom is 0.658 e. The predicted molar refractivity (Wildman–Crippen MR) is 256 cm³/mol. The summed E-state index contributed by atoms with van der Waals surface area (Å²) in [6.07, 6.45) is 1.02. The molecule has 66 heavy (non-hydrogen) atoms. The molecule has 0 N–H and O–H groups in total. The van der Waals surface area contributed by atoms with Gasteiger partial charge in [0.15, 0.2) is 0 Å². The molecule has 5 aromatic rings. The third-order valence-corrected chi connectivity index (χ3v) is 11.2. The maximum atomic E-state index is 6.49. The van der Waals surface area contributed by atoms with Crippen molar-refractivity contribution in [1.29, 1.82) is 0 Å². The molecule has 18 heteroatoms. The van der Waals surface area contributed by atoms with Crippen molar-refractivity contribution in [2.24, 2.45) is 5.41 Å². The Bertz CT molecular complexity index is 1880. The third-order valence-electron chi connectivity index (χ3n) is 11.2. The van der Waals surface area contributed by atoms with Crippen LogP contribution in [0.5, 0.6) is 11.5 Å². The molecule has 0 atom stereocenters. The first kappa shape index (κ1) is 51.1. The third kappa shape index (κ3) is 13.4. The van der Waals surface area contributed by atoms with Gasteiger partial charge < -0.3 is 55.9 Å². The van der Waals surface area contributed by atoms with E-state index in [-0.39, 0.29) is 16.6 Å². The van der Waals surface area contributed by atoms with Gasteiger partial charge in [0.1, 0.15) is 22.7 Å². The van der Waals surface area contributed by atoms with E-state index in [1.165, 1.54) is 46.1 Å². The van der Waals surface area contributed by atoms with Crippen molar-refractivity contribution in [1.82, 2.24) is 0 Å². The van der Waals surface area contributed by atoms with Crippen molar-refractivity contribution in [3.63, 3.8) is 0 Å². The quantitative estimate of drug-likeness (QED) is 0.165. The Kier molecular flexibility index (Phi) is 19.5. The number of para-hydroxylation sites is 2. The van der Waals surface area contributed by atoms with Gasteiger partial charge in [-0.1, -0.05) is 147 Å². The highest BCUT2D eigenvalue weighted by molar-refractivity contribution is 6.23. The summed E-state index contributed by atoms with van der Waals surface area (Å²) in [5, 5.41) is 0. The number of benzene rings is 5. The van der Waals surface area contributed by atoms with Gasteiger partial charge in [0.2, 0.25) is 0 Å². The molecule has 0 amide bonds. The van der Waals surface area contributed by atoms with Crippen molar-refractivity contribution >= 4 is 46.1 Å². The molecule has 5 aromatic carbocycles. The fourth-order valence-electron chi connectivity index (χ4n) is 6.98.